The molecule has 1 N–H and O–H groups in total. The molecule has 4 nitrogen and oxygen atoms in total. The molecule has 1 aliphatic carbocycles. The normalized spacial score (nSPS) is 16.1. The predicted octanol–water partition coefficient (Wildman–Crippen LogP) is 4.65. The standard InChI is InChI=1S/C23H20F3NO3/c1-27-18-8-3-2-6-17(18)21(23(24,25)26)20(22(27)30)16-11-10-14-13(9-12-19(28)29)5-4-7-15(14)16/h2-8,16H,9-12H2,1H3,(H,28,29). The van der Waals surface area contributed by atoms with E-state index in [1.807, 2.05) is 6.07 Å². The number of halogens is 3. The van der Waals surface area contributed by atoms with Gasteiger partial charge in [0.1, 0.15) is 0 Å². The van der Waals surface area contributed by atoms with Crippen LogP contribution in [0.4, 0.5) is 13.2 Å². The number of aliphatic carboxylic acids is 1. The van der Waals surface area contributed by atoms with Crippen LogP contribution >= 0.6 is 0 Å². The average Bonchev–Trinajstić information content (AvgIpc) is 3.12. The van der Waals surface area contributed by atoms with E-state index in [1.165, 1.54) is 23.7 Å². The molecule has 3 aromatic rings. The molecule has 0 amide bonds. The number of hydrogen-bond donors (Lipinski definition) is 1. The molecule has 0 radical (unpaired) electrons. The highest BCUT2D eigenvalue weighted by atomic mass is 19.4. The maximum Gasteiger partial charge on any atom is 0.417 e. The Morgan fingerprint density at radius 3 is 2.60 bits per heavy atom. The molecule has 0 spiro atoms. The van der Waals surface area contributed by atoms with Crippen LogP contribution in [0.3, 0.4) is 0 Å². The number of pyridine rings is 1. The Balaban J connectivity index is 1.95. The van der Waals surface area contributed by atoms with Gasteiger partial charge in [-0.15, -0.1) is 0 Å². The number of carbonyl (C=O) groups is 1. The Labute approximate surface area is 170 Å². The van der Waals surface area contributed by atoms with Crippen molar-refractivity contribution in [2.24, 2.45) is 7.05 Å². The first kappa shape index (κ1) is 20.2. The number of carboxylic acid groups (broad SMARTS) is 1. The first-order chi connectivity index (χ1) is 14.2. The Morgan fingerprint density at radius 2 is 1.90 bits per heavy atom. The van der Waals surface area contributed by atoms with Crippen LogP contribution in [-0.2, 0) is 30.9 Å². The Morgan fingerprint density at radius 1 is 1.17 bits per heavy atom. The van der Waals surface area contributed by atoms with Crippen LogP contribution in [0.5, 0.6) is 0 Å². The third kappa shape index (κ3) is 3.28. The maximum absolute atomic E-state index is 14.2. The van der Waals surface area contributed by atoms with E-state index < -0.39 is 29.2 Å². The molecule has 0 saturated heterocycles. The lowest BCUT2D eigenvalue weighted by Gasteiger charge is -2.22. The minimum absolute atomic E-state index is 0.0116. The highest BCUT2D eigenvalue weighted by molar-refractivity contribution is 5.84. The zero-order valence-corrected chi connectivity index (χ0v) is 16.3. The number of nitrogens with zero attached hydrogens (tertiary/aromatic N) is 1. The van der Waals surface area contributed by atoms with E-state index in [1.54, 1.807) is 24.3 Å². The van der Waals surface area contributed by atoms with E-state index in [0.717, 1.165) is 11.1 Å². The second kappa shape index (κ2) is 7.31. The molecular weight excluding hydrogens is 395 g/mol. The summed E-state index contributed by atoms with van der Waals surface area (Å²) in [6.45, 7) is 0. The summed E-state index contributed by atoms with van der Waals surface area (Å²) in [6, 6.07) is 11.4. The second-order valence-electron chi connectivity index (χ2n) is 7.64. The summed E-state index contributed by atoms with van der Waals surface area (Å²) in [5, 5.41) is 8.99. The lowest BCUT2D eigenvalue weighted by atomic mass is 9.87. The summed E-state index contributed by atoms with van der Waals surface area (Å²) in [5.41, 5.74) is 0.890. The van der Waals surface area contributed by atoms with Gasteiger partial charge in [-0.25, -0.2) is 0 Å². The fourth-order valence-electron chi connectivity index (χ4n) is 4.65. The van der Waals surface area contributed by atoms with Crippen molar-refractivity contribution >= 4 is 16.9 Å². The van der Waals surface area contributed by atoms with E-state index in [2.05, 4.69) is 0 Å². The first-order valence-corrected chi connectivity index (χ1v) is 9.71. The van der Waals surface area contributed by atoms with E-state index >= 15 is 0 Å². The number of rotatable bonds is 4. The van der Waals surface area contributed by atoms with E-state index in [0.29, 0.717) is 24.8 Å². The van der Waals surface area contributed by atoms with E-state index in [4.69, 9.17) is 5.11 Å². The van der Waals surface area contributed by atoms with E-state index in [-0.39, 0.29) is 22.9 Å². The van der Waals surface area contributed by atoms with Crippen LogP contribution in [0, 0.1) is 0 Å². The molecule has 0 aliphatic heterocycles. The summed E-state index contributed by atoms with van der Waals surface area (Å²) in [6.07, 6.45) is -3.51. The quantitative estimate of drug-likeness (QED) is 0.675. The largest absolute Gasteiger partial charge is 0.481 e. The van der Waals surface area contributed by atoms with E-state index in [9.17, 15) is 22.8 Å². The number of alkyl halides is 3. The van der Waals surface area contributed by atoms with Crippen molar-refractivity contribution < 1.29 is 23.1 Å². The number of aryl methyl sites for hydroxylation is 2. The van der Waals surface area contributed by atoms with Crippen LogP contribution in [0.25, 0.3) is 10.9 Å². The molecule has 7 heteroatoms. The Bertz CT molecular complexity index is 1210. The molecule has 1 aromatic heterocycles. The van der Waals surface area contributed by atoms with Gasteiger partial charge in [-0.2, -0.15) is 13.2 Å². The summed E-state index contributed by atoms with van der Waals surface area (Å²) in [7, 11) is 1.49. The van der Waals surface area contributed by atoms with Gasteiger partial charge in [0.2, 0.25) is 0 Å². The second-order valence-corrected chi connectivity index (χ2v) is 7.64. The molecule has 1 heterocycles. The predicted molar refractivity (Wildman–Crippen MR) is 107 cm³/mol. The average molecular weight is 415 g/mol. The monoisotopic (exact) mass is 415 g/mol. The highest BCUT2D eigenvalue weighted by Gasteiger charge is 2.41. The zero-order chi connectivity index (χ0) is 21.6. The summed E-state index contributed by atoms with van der Waals surface area (Å²) in [5.74, 6) is -1.60. The Hall–Kier alpha value is -3.09. The smallest absolute Gasteiger partial charge is 0.417 e. The number of carboxylic acids is 1. The van der Waals surface area contributed by atoms with Gasteiger partial charge in [-0.3, -0.25) is 9.59 Å². The van der Waals surface area contributed by atoms with Crippen LogP contribution in [0.2, 0.25) is 0 Å². The molecule has 156 valence electrons. The number of hydrogen-bond acceptors (Lipinski definition) is 2. The summed E-state index contributed by atoms with van der Waals surface area (Å²) >= 11 is 0. The van der Waals surface area contributed by atoms with Crippen molar-refractivity contribution in [3.63, 3.8) is 0 Å². The van der Waals surface area contributed by atoms with Gasteiger partial charge in [-0.1, -0.05) is 36.4 Å². The number of aromatic nitrogens is 1. The van der Waals surface area contributed by atoms with Crippen LogP contribution in [-0.4, -0.2) is 15.6 Å². The minimum atomic E-state index is -4.67. The molecule has 0 fully saturated rings. The molecule has 1 unspecified atom stereocenters. The molecule has 4 rings (SSSR count). The van der Waals surface area contributed by atoms with Gasteiger partial charge in [0, 0.05) is 30.3 Å². The van der Waals surface area contributed by atoms with Gasteiger partial charge in [0.15, 0.2) is 0 Å². The van der Waals surface area contributed by atoms with Gasteiger partial charge < -0.3 is 9.67 Å². The zero-order valence-electron chi connectivity index (χ0n) is 16.3. The third-order valence-electron chi connectivity index (χ3n) is 5.95. The van der Waals surface area contributed by atoms with Gasteiger partial charge in [0.05, 0.1) is 11.1 Å². The molecule has 1 atom stereocenters. The maximum atomic E-state index is 14.2. The lowest BCUT2D eigenvalue weighted by molar-refractivity contribution is -0.138. The molecule has 30 heavy (non-hydrogen) atoms. The summed E-state index contributed by atoms with van der Waals surface area (Å²) in [4.78, 5) is 24.1. The van der Waals surface area contributed by atoms with Crippen molar-refractivity contribution in [3.8, 4) is 0 Å². The summed E-state index contributed by atoms with van der Waals surface area (Å²) < 4.78 is 43.9. The van der Waals surface area contributed by atoms with Gasteiger partial charge >= 0.3 is 12.1 Å². The molecular formula is C23H20F3NO3. The van der Waals surface area contributed by atoms with Crippen molar-refractivity contribution in [3.05, 3.63) is 80.6 Å². The van der Waals surface area contributed by atoms with Gasteiger partial charge in [-0.05, 0) is 42.0 Å². The van der Waals surface area contributed by atoms with Crippen LogP contribution in [0.1, 0.15) is 46.6 Å². The Kier molecular flexibility index (Phi) is 4.92. The number of para-hydroxylation sites is 1. The molecule has 1 aliphatic rings. The highest BCUT2D eigenvalue weighted by Crippen LogP contribution is 2.45. The van der Waals surface area contributed by atoms with Crippen LogP contribution in [0.15, 0.2) is 47.3 Å². The minimum Gasteiger partial charge on any atom is -0.481 e. The molecule has 0 bridgehead atoms. The third-order valence-corrected chi connectivity index (χ3v) is 5.95. The topological polar surface area (TPSA) is 59.3 Å². The number of benzene rings is 2. The fourth-order valence-corrected chi connectivity index (χ4v) is 4.65. The first-order valence-electron chi connectivity index (χ1n) is 9.71. The van der Waals surface area contributed by atoms with Crippen molar-refractivity contribution in [1.29, 1.82) is 0 Å². The number of fused-ring (bicyclic) bond motifs is 2. The molecule has 2 aromatic carbocycles. The fraction of sp³-hybridized carbons (Fsp3) is 0.304. The van der Waals surface area contributed by atoms with Crippen molar-refractivity contribution in [2.75, 3.05) is 0 Å². The lowest BCUT2D eigenvalue weighted by Crippen LogP contribution is -2.29. The van der Waals surface area contributed by atoms with Crippen molar-refractivity contribution in [1.82, 2.24) is 4.57 Å². The SMILES string of the molecule is Cn1c(=O)c(C2CCc3c(CCC(=O)O)cccc32)c(C(F)(F)F)c2ccccc21. The van der Waals surface area contributed by atoms with Crippen LogP contribution < -0.4 is 5.56 Å². The van der Waals surface area contributed by atoms with Gasteiger partial charge in [0.25, 0.3) is 5.56 Å². The molecule has 0 saturated carbocycles. The van der Waals surface area contributed by atoms with Crippen molar-refractivity contribution in [2.45, 2.75) is 37.8 Å².